The van der Waals surface area contributed by atoms with Gasteiger partial charge in [-0.05, 0) is 0 Å². The third kappa shape index (κ3) is 13.1. The van der Waals surface area contributed by atoms with Crippen molar-refractivity contribution in [2.24, 2.45) is 0 Å². The van der Waals surface area contributed by atoms with E-state index in [9.17, 15) is 9.90 Å². The molecule has 0 rings (SSSR count). The van der Waals surface area contributed by atoms with Crippen molar-refractivity contribution in [3.8, 4) is 0 Å². The lowest BCUT2D eigenvalue weighted by molar-refractivity contribution is -0.137. The Morgan fingerprint density at radius 1 is 0.197 bits per heavy atom. The van der Waals surface area contributed by atoms with Gasteiger partial charge in [-0.15, -0.1) is 0 Å². The van der Waals surface area contributed by atoms with Gasteiger partial charge < -0.3 is 5.11 Å². The molecule has 0 radical (unpaired) electrons. The zero-order valence-corrected chi connectivity index (χ0v) is 87.4. The molecule has 366 valence electrons. The molecule has 0 atom stereocenters. The van der Waals surface area contributed by atoms with Gasteiger partial charge in [-0.2, -0.15) is 0 Å². The zero-order chi connectivity index (χ0) is 51.1. The molecule has 0 aliphatic carbocycles. The van der Waals surface area contributed by atoms with E-state index in [1.54, 1.807) is 0 Å². The van der Waals surface area contributed by atoms with Gasteiger partial charge in [0.05, 0.1) is 0 Å². The predicted octanol–water partition coefficient (Wildman–Crippen LogP) is 28.7. The maximum absolute atomic E-state index is 12.5. The maximum atomic E-state index is 12.5. The van der Waals surface area contributed by atoms with Crippen molar-refractivity contribution in [2.75, 3.05) is 0 Å². The van der Waals surface area contributed by atoms with Crippen LogP contribution in [0.25, 0.3) is 0 Å². The first-order valence-corrected chi connectivity index (χ1v) is 43.5. The Kier molecular flexibility index (Phi) is 33.1. The molecular weight excluding hydrogens is 3390 g/mol. The highest BCUT2D eigenvalue weighted by Crippen LogP contribution is 2.84. The average Bonchev–Trinajstić information content (AvgIpc) is 3.02. The number of halogens is 39. The lowest BCUT2D eigenvalue weighted by Crippen LogP contribution is -2.74. The maximum Gasteiger partial charge on any atom is 0.333 e. The van der Waals surface area contributed by atoms with Crippen LogP contribution in [0.15, 0.2) is 0 Å². The molecule has 0 amide bonds. The van der Waals surface area contributed by atoms with E-state index in [-0.39, 0.29) is 0 Å². The van der Waals surface area contributed by atoms with Gasteiger partial charge in [0.25, 0.3) is 0 Å². The predicted molar refractivity (Wildman–Crippen MR) is 408 cm³/mol. The third-order valence-electron chi connectivity index (χ3n) is 7.33. The number of carboxylic acids is 1. The topological polar surface area (TPSA) is 37.3 Å². The van der Waals surface area contributed by atoms with Crippen molar-refractivity contribution in [3.63, 3.8) is 0 Å². The second-order valence-electron chi connectivity index (χ2n) is 11.1. The second kappa shape index (κ2) is 25.5. The molecule has 0 saturated heterocycles. The molecule has 1 N–H and O–H groups in total. The first kappa shape index (κ1) is 79.2. The van der Waals surface area contributed by atoms with Crippen LogP contribution >= 0.6 is 621 Å². The van der Waals surface area contributed by atoms with Gasteiger partial charge in [-0.3, -0.25) is 0 Å². The van der Waals surface area contributed by atoms with E-state index in [2.05, 4.69) is 621 Å². The smallest absolute Gasteiger partial charge is 0.333 e. The van der Waals surface area contributed by atoms with E-state index in [0.29, 0.717) is 0 Å². The molecule has 61 heavy (non-hydrogen) atoms. The fraction of sp³-hybridized carbons (Fsp3) is 0.950. The third-order valence-corrected chi connectivity index (χ3v) is 90.8. The number of aliphatic carboxylic acids is 1. The van der Waals surface area contributed by atoms with E-state index in [0.717, 1.165) is 0 Å². The van der Waals surface area contributed by atoms with Gasteiger partial charge >= 0.3 is 5.97 Å². The number of hydrogen-bond donors (Lipinski definition) is 1. The highest BCUT2D eigenvalue weighted by molar-refractivity contribution is 9.43. The summed E-state index contributed by atoms with van der Waals surface area (Å²) in [5.74, 6) is -1.26. The highest BCUT2D eigenvalue weighted by Gasteiger charge is 2.85. The largest absolute Gasteiger partial charge is 0.480 e. The molecule has 0 aromatic carbocycles. The lowest BCUT2D eigenvalue weighted by atomic mass is 10.0. The van der Waals surface area contributed by atoms with E-state index in [4.69, 9.17) is 0 Å². The van der Waals surface area contributed by atoms with Crippen LogP contribution in [-0.2, 0) is 4.79 Å². The summed E-state index contributed by atoms with van der Waals surface area (Å²) in [5, 5.41) is 10.2. The van der Waals surface area contributed by atoms with Gasteiger partial charge in [0.15, 0.2) is 2.14 Å². The van der Waals surface area contributed by atoms with E-state index >= 15 is 0 Å². The molecule has 0 heterocycles. The Hall–Kier alpha value is 18.2. The number of rotatable bonds is 18. The van der Waals surface area contributed by atoms with E-state index in [1.807, 2.05) is 0 Å². The Morgan fingerprint density at radius 3 is 0.393 bits per heavy atom. The summed E-state index contributed by atoms with van der Waals surface area (Å²) in [6.07, 6.45) is 0. The standard InChI is InChI=1S/C20HBr39O2/c21-2(22,1(60)61)3(23,24)4(25,26)5(27,28)6(29,30)7(31,32)8(33,34)9(35,36)10(37,38)11(39,40)12(41,42)13(43,44)14(45,46)15(47,48)16(49,50)17(51,52)18(53,54)19(55,56)20(57,58)59/h(H,60,61). The molecule has 0 fully saturated rings. The SMILES string of the molecule is O=C(O)C(Br)(Br)C(Br)(Br)C(Br)(Br)C(Br)(Br)C(Br)(Br)C(Br)(Br)C(Br)(Br)C(Br)(Br)C(Br)(Br)C(Br)(Br)C(Br)(Br)C(Br)(Br)C(Br)(Br)C(Br)(Br)C(Br)(Br)C(Br)(Br)C(Br)(Br)C(Br)(Br)C(Br)(Br)Br. The number of alkyl halides is 39. The van der Waals surface area contributed by atoms with Gasteiger partial charge in [0.1, 0.15) is 55.0 Å². The quantitative estimate of drug-likeness (QED) is 0.139. The monoisotopic (exact) mass is 3350 g/mol. The average molecular weight is 3390 g/mol. The highest BCUT2D eigenvalue weighted by atomic mass is 80.0. The molecule has 0 aliphatic heterocycles. The fourth-order valence-corrected chi connectivity index (χ4v) is 42.9. The Labute approximate surface area is 679 Å². The normalized spacial score (nSPS) is 17.2. The zero-order valence-electron chi connectivity index (χ0n) is 25.6. The summed E-state index contributed by atoms with van der Waals surface area (Å²) < 4.78 is -26.3. The molecule has 0 aromatic heterocycles. The van der Waals surface area contributed by atoms with Crippen molar-refractivity contribution in [1.29, 1.82) is 0 Å². The Morgan fingerprint density at radius 2 is 0.295 bits per heavy atom. The van der Waals surface area contributed by atoms with Gasteiger partial charge in [-0.1, -0.05) is 621 Å². The van der Waals surface area contributed by atoms with E-state index < -0.39 is 66.3 Å². The molecule has 0 bridgehead atoms. The minimum absolute atomic E-state index is 0.938. The number of hydrogen-bond acceptors (Lipinski definition) is 1. The minimum atomic E-state index is -1.81. The van der Waals surface area contributed by atoms with Gasteiger partial charge in [0, 0.05) is 0 Å². The summed E-state index contributed by atoms with van der Waals surface area (Å²) in [4.78, 5) is 12.5. The van der Waals surface area contributed by atoms with Crippen LogP contribution in [0.4, 0.5) is 0 Å². The van der Waals surface area contributed by atoms with Crippen molar-refractivity contribution in [1.82, 2.24) is 0 Å². The molecule has 0 spiro atoms. The summed E-state index contributed by atoms with van der Waals surface area (Å²) in [5.41, 5.74) is 0. The van der Waals surface area contributed by atoms with Crippen LogP contribution in [0.2, 0.25) is 0 Å². The molecule has 0 aromatic rings. The van der Waals surface area contributed by atoms with Crippen LogP contribution in [-0.4, -0.2) is 71.4 Å². The van der Waals surface area contributed by atoms with Crippen molar-refractivity contribution in [2.45, 2.75) is 60.3 Å². The Bertz CT molecular complexity index is 1640. The first-order valence-electron chi connectivity index (χ1n) is 12.5. The minimum Gasteiger partial charge on any atom is -0.480 e. The van der Waals surface area contributed by atoms with Crippen LogP contribution in [0.1, 0.15) is 0 Å². The number of carbonyl (C=O) groups is 1. The van der Waals surface area contributed by atoms with Crippen LogP contribution in [0.5, 0.6) is 0 Å². The summed E-state index contributed by atoms with van der Waals surface area (Å²) >= 11 is 151. The molecule has 0 saturated carbocycles. The van der Waals surface area contributed by atoms with Crippen LogP contribution < -0.4 is 0 Å². The molecule has 0 unspecified atom stereocenters. The van der Waals surface area contributed by atoms with E-state index in [1.165, 1.54) is 0 Å². The molecular formula is C20HBr39O2. The van der Waals surface area contributed by atoms with Crippen LogP contribution in [0, 0.1) is 0 Å². The number of carboxylic acid groups (broad SMARTS) is 1. The second-order valence-corrected chi connectivity index (χ2v) is 79.9. The molecule has 41 heteroatoms. The van der Waals surface area contributed by atoms with Crippen LogP contribution in [0.3, 0.4) is 0 Å². The molecule has 0 aliphatic rings. The van der Waals surface area contributed by atoms with Crippen molar-refractivity contribution < 1.29 is 9.90 Å². The lowest BCUT2D eigenvalue weighted by Gasteiger charge is -2.62. The first-order chi connectivity index (χ1) is 25.4. The summed E-state index contributed by atoms with van der Waals surface area (Å²) in [6, 6.07) is 0. The van der Waals surface area contributed by atoms with Crippen molar-refractivity contribution >= 4 is 627 Å². The van der Waals surface area contributed by atoms with Crippen molar-refractivity contribution in [3.05, 3.63) is 0 Å². The Balaban J connectivity index is 7.96. The summed E-state index contributed by atoms with van der Waals surface area (Å²) in [7, 11) is 0. The molecule has 2 nitrogen and oxygen atoms in total. The van der Waals surface area contributed by atoms with Gasteiger partial charge in [-0.25, -0.2) is 4.79 Å². The summed E-state index contributed by atoms with van der Waals surface area (Å²) in [6.45, 7) is 0. The fourth-order valence-electron chi connectivity index (χ4n) is 3.47. The van der Waals surface area contributed by atoms with Gasteiger partial charge in [0.2, 0.25) is 3.23 Å².